The summed E-state index contributed by atoms with van der Waals surface area (Å²) in [5.74, 6) is 1.53. The number of fused-ring (bicyclic) bond motifs is 4. The van der Waals surface area contributed by atoms with Crippen molar-refractivity contribution in [3.05, 3.63) is 52.5 Å². The van der Waals surface area contributed by atoms with Gasteiger partial charge in [0.25, 0.3) is 0 Å². The molecule has 0 radical (unpaired) electrons. The van der Waals surface area contributed by atoms with Gasteiger partial charge in [-0.05, 0) is 43.4 Å². The summed E-state index contributed by atoms with van der Waals surface area (Å²) < 4.78 is 12.9. The molecule has 2 bridgehead atoms. The highest BCUT2D eigenvalue weighted by atomic mass is 79.9. The third kappa shape index (κ3) is 2.36. The highest BCUT2D eigenvalue weighted by Gasteiger charge is 2.49. The van der Waals surface area contributed by atoms with Gasteiger partial charge in [0.05, 0.1) is 13.2 Å². The minimum Gasteiger partial charge on any atom is -0.493 e. The molecule has 1 fully saturated rings. The molecule has 2 atom stereocenters. The Hall–Kier alpha value is -1.79. The van der Waals surface area contributed by atoms with Gasteiger partial charge in [-0.3, -0.25) is 4.90 Å². The molecule has 124 valence electrons. The van der Waals surface area contributed by atoms with Crippen LogP contribution < -0.4 is 19.7 Å². The number of hydrogen-bond acceptors (Lipinski definition) is 3. The molecule has 4 rings (SSSR count). The summed E-state index contributed by atoms with van der Waals surface area (Å²) in [6, 6.07) is 14.1. The number of ether oxygens (including phenoxy) is 2. The van der Waals surface area contributed by atoms with Crippen LogP contribution in [-0.4, -0.2) is 17.9 Å². The Kier molecular flexibility index (Phi) is 3.69. The van der Waals surface area contributed by atoms with E-state index >= 15 is 0 Å². The van der Waals surface area contributed by atoms with Crippen LogP contribution in [0.1, 0.15) is 24.9 Å². The van der Waals surface area contributed by atoms with Crippen LogP contribution in [0.4, 0.5) is 5.69 Å². The molecule has 0 amide bonds. The van der Waals surface area contributed by atoms with Gasteiger partial charge >= 0.3 is 0 Å². The van der Waals surface area contributed by atoms with E-state index in [0.29, 0.717) is 5.11 Å². The van der Waals surface area contributed by atoms with Crippen LogP contribution in [0.25, 0.3) is 0 Å². The molecule has 0 unspecified atom stereocenters. The Balaban J connectivity index is 1.83. The zero-order valence-electron chi connectivity index (χ0n) is 13.4. The van der Waals surface area contributed by atoms with Gasteiger partial charge in [-0.2, -0.15) is 0 Å². The predicted molar refractivity (Wildman–Crippen MR) is 102 cm³/mol. The number of para-hydroxylation sites is 1. The Morgan fingerprint density at radius 3 is 2.88 bits per heavy atom. The number of nitrogens with one attached hydrogen (secondary N) is 1. The van der Waals surface area contributed by atoms with E-state index in [1.165, 1.54) is 0 Å². The van der Waals surface area contributed by atoms with E-state index in [1.54, 1.807) is 7.11 Å². The fourth-order valence-electron chi connectivity index (χ4n) is 3.53. The van der Waals surface area contributed by atoms with E-state index in [4.69, 9.17) is 21.7 Å². The van der Waals surface area contributed by atoms with Gasteiger partial charge in [0.15, 0.2) is 22.3 Å². The van der Waals surface area contributed by atoms with E-state index in [0.717, 1.165) is 33.6 Å². The highest BCUT2D eigenvalue weighted by Crippen LogP contribution is 2.49. The average molecular weight is 405 g/mol. The van der Waals surface area contributed by atoms with E-state index < -0.39 is 5.72 Å². The van der Waals surface area contributed by atoms with E-state index in [2.05, 4.69) is 34.2 Å². The van der Waals surface area contributed by atoms with E-state index in [9.17, 15) is 0 Å². The lowest BCUT2D eigenvalue weighted by Crippen LogP contribution is -2.65. The number of methoxy groups -OCH3 is 1. The summed E-state index contributed by atoms with van der Waals surface area (Å²) in [5.41, 5.74) is 1.50. The van der Waals surface area contributed by atoms with Crippen molar-refractivity contribution >= 4 is 38.9 Å². The van der Waals surface area contributed by atoms with E-state index in [1.807, 2.05) is 41.3 Å². The van der Waals surface area contributed by atoms with Crippen molar-refractivity contribution in [3.63, 3.8) is 0 Å². The maximum absolute atomic E-state index is 6.45. The lowest BCUT2D eigenvalue weighted by atomic mass is 9.90. The normalized spacial score (nSPS) is 24.7. The molecule has 0 aromatic heterocycles. The molecule has 1 N–H and O–H groups in total. The Bertz CT molecular complexity index is 828. The van der Waals surface area contributed by atoms with Crippen LogP contribution >= 0.6 is 28.1 Å². The lowest BCUT2D eigenvalue weighted by molar-refractivity contribution is 0.0464. The number of nitrogens with zero attached hydrogens (tertiary/aromatic N) is 1. The molecule has 0 saturated carbocycles. The minimum atomic E-state index is -0.574. The molecular formula is C18H17BrN2O2S. The summed E-state index contributed by atoms with van der Waals surface area (Å²) in [7, 11) is 1.66. The summed E-state index contributed by atoms with van der Waals surface area (Å²) in [5, 5.41) is 4.12. The van der Waals surface area contributed by atoms with Crippen LogP contribution in [0.3, 0.4) is 0 Å². The number of benzene rings is 2. The number of halogens is 1. The molecule has 24 heavy (non-hydrogen) atoms. The quantitative estimate of drug-likeness (QED) is 0.750. The maximum Gasteiger partial charge on any atom is 0.188 e. The van der Waals surface area contributed by atoms with Crippen molar-refractivity contribution in [1.82, 2.24) is 5.32 Å². The second-order valence-corrected chi connectivity index (χ2v) is 7.48. The van der Waals surface area contributed by atoms with Gasteiger partial charge in [-0.15, -0.1) is 0 Å². The van der Waals surface area contributed by atoms with Crippen LogP contribution in [0.2, 0.25) is 0 Å². The Morgan fingerprint density at radius 2 is 2.12 bits per heavy atom. The Morgan fingerprint density at radius 1 is 1.33 bits per heavy atom. The van der Waals surface area contributed by atoms with Gasteiger partial charge in [-0.25, -0.2) is 0 Å². The Labute approximate surface area is 154 Å². The van der Waals surface area contributed by atoms with Gasteiger partial charge in [0.2, 0.25) is 0 Å². The predicted octanol–water partition coefficient (Wildman–Crippen LogP) is 4.39. The number of anilines is 1. The number of rotatable bonds is 2. The van der Waals surface area contributed by atoms with Crippen molar-refractivity contribution in [1.29, 1.82) is 0 Å². The monoisotopic (exact) mass is 404 g/mol. The minimum absolute atomic E-state index is 0.116. The number of hydrogen-bond donors (Lipinski definition) is 1. The molecule has 0 spiro atoms. The van der Waals surface area contributed by atoms with E-state index in [-0.39, 0.29) is 6.04 Å². The van der Waals surface area contributed by atoms with Crippen molar-refractivity contribution < 1.29 is 9.47 Å². The maximum atomic E-state index is 6.45. The van der Waals surface area contributed by atoms with Crippen molar-refractivity contribution in [3.8, 4) is 11.5 Å². The first-order chi connectivity index (χ1) is 11.5. The summed E-state index contributed by atoms with van der Waals surface area (Å²) in [4.78, 5) is 2.04. The first kappa shape index (κ1) is 15.7. The first-order valence-corrected chi connectivity index (χ1v) is 8.94. The second kappa shape index (κ2) is 5.63. The molecule has 6 heteroatoms. The van der Waals surface area contributed by atoms with Gasteiger partial charge in [0, 0.05) is 22.1 Å². The first-order valence-electron chi connectivity index (χ1n) is 7.74. The SMILES string of the molecule is COc1cccc2c1O[C@@]1(C)C[C@H]2NC(=S)N1c1cccc(Br)c1. The lowest BCUT2D eigenvalue weighted by Gasteiger charge is -2.52. The zero-order chi connectivity index (χ0) is 16.9. The molecule has 2 heterocycles. The fourth-order valence-corrected chi connectivity index (χ4v) is 4.36. The highest BCUT2D eigenvalue weighted by molar-refractivity contribution is 9.10. The average Bonchev–Trinajstić information content (AvgIpc) is 2.53. The number of thiocarbonyl (C=S) groups is 1. The molecule has 0 aliphatic carbocycles. The summed E-state index contributed by atoms with van der Waals surface area (Å²) in [6.45, 7) is 2.07. The van der Waals surface area contributed by atoms with Crippen LogP contribution in [0, 0.1) is 0 Å². The van der Waals surface area contributed by atoms with Gasteiger partial charge in [-0.1, -0.05) is 34.1 Å². The molecule has 4 nitrogen and oxygen atoms in total. The van der Waals surface area contributed by atoms with Crippen molar-refractivity contribution in [2.45, 2.75) is 25.1 Å². The smallest absolute Gasteiger partial charge is 0.188 e. The van der Waals surface area contributed by atoms with Crippen LogP contribution in [0.5, 0.6) is 11.5 Å². The standard InChI is InChI=1S/C18H17BrN2O2S/c1-18-10-14(13-7-4-8-15(22-2)16(13)23-18)20-17(24)21(18)12-6-3-5-11(19)9-12/h3-9,14H,10H2,1-2H3,(H,20,24)/t14-,18+/m1/s1. The molecule has 1 saturated heterocycles. The topological polar surface area (TPSA) is 33.7 Å². The fraction of sp³-hybridized carbons (Fsp3) is 0.278. The third-order valence-electron chi connectivity index (χ3n) is 4.55. The van der Waals surface area contributed by atoms with Gasteiger partial charge < -0.3 is 14.8 Å². The molecular weight excluding hydrogens is 388 g/mol. The van der Waals surface area contributed by atoms with Crippen LogP contribution in [0.15, 0.2) is 46.9 Å². The molecule has 2 aromatic carbocycles. The van der Waals surface area contributed by atoms with Crippen molar-refractivity contribution in [2.75, 3.05) is 12.0 Å². The third-order valence-corrected chi connectivity index (χ3v) is 5.34. The van der Waals surface area contributed by atoms with Gasteiger partial charge in [0.1, 0.15) is 0 Å². The largest absolute Gasteiger partial charge is 0.493 e. The second-order valence-electron chi connectivity index (χ2n) is 6.18. The van der Waals surface area contributed by atoms with Crippen LogP contribution in [-0.2, 0) is 0 Å². The zero-order valence-corrected chi connectivity index (χ0v) is 15.8. The summed E-state index contributed by atoms with van der Waals surface area (Å²) >= 11 is 9.19. The summed E-state index contributed by atoms with van der Waals surface area (Å²) in [6.07, 6.45) is 0.791. The molecule has 2 aliphatic heterocycles. The molecule has 2 aromatic rings. The van der Waals surface area contributed by atoms with Crippen molar-refractivity contribution in [2.24, 2.45) is 0 Å². The molecule has 2 aliphatic rings.